The van der Waals surface area contributed by atoms with E-state index in [1.165, 1.54) is 12.0 Å². The van der Waals surface area contributed by atoms with Gasteiger partial charge in [0.15, 0.2) is 0 Å². The lowest BCUT2D eigenvalue weighted by Gasteiger charge is -2.30. The number of benzene rings is 1. The summed E-state index contributed by atoms with van der Waals surface area (Å²) in [6, 6.07) is 12.0. The number of pyridine rings is 1. The number of carbonyl (C=O) groups excluding carboxylic acids is 1. The Hall–Kier alpha value is -2.36. The summed E-state index contributed by atoms with van der Waals surface area (Å²) in [6.07, 6.45) is 4.95. The van der Waals surface area contributed by atoms with Gasteiger partial charge in [0.25, 0.3) is 5.91 Å². The zero-order chi connectivity index (χ0) is 16.9. The molecular formula is C20H25N3O. The van der Waals surface area contributed by atoms with Crippen LogP contribution in [0.4, 0.5) is 11.4 Å². The number of anilines is 2. The molecule has 1 aliphatic heterocycles. The highest BCUT2D eigenvalue weighted by Gasteiger charge is 2.23. The first-order valence-corrected chi connectivity index (χ1v) is 8.77. The fourth-order valence-corrected chi connectivity index (χ4v) is 3.27. The minimum absolute atomic E-state index is 0.0361. The Balaban J connectivity index is 1.77. The predicted octanol–water partition coefficient (Wildman–Crippen LogP) is 4.26. The van der Waals surface area contributed by atoms with Crippen LogP contribution in [0.5, 0.6) is 0 Å². The molecule has 0 spiro atoms. The molecule has 1 fully saturated rings. The summed E-state index contributed by atoms with van der Waals surface area (Å²) in [5.74, 6) is 0.606. The van der Waals surface area contributed by atoms with E-state index in [4.69, 9.17) is 0 Å². The molecule has 1 saturated heterocycles. The van der Waals surface area contributed by atoms with Crippen LogP contribution in [0.3, 0.4) is 0 Å². The average Bonchev–Trinajstić information content (AvgIpc) is 2.62. The van der Waals surface area contributed by atoms with Gasteiger partial charge in [0.1, 0.15) is 5.69 Å². The third-order valence-corrected chi connectivity index (χ3v) is 4.60. The van der Waals surface area contributed by atoms with Gasteiger partial charge in [-0.25, -0.2) is 0 Å². The smallest absolute Gasteiger partial charge is 0.272 e. The molecule has 0 aliphatic carbocycles. The van der Waals surface area contributed by atoms with Crippen molar-refractivity contribution in [1.29, 1.82) is 0 Å². The number of nitrogens with one attached hydrogen (secondary N) is 1. The normalized spacial score (nSPS) is 17.6. The molecule has 1 aromatic heterocycles. The van der Waals surface area contributed by atoms with Crippen LogP contribution in [0.25, 0.3) is 0 Å². The third kappa shape index (κ3) is 3.75. The number of amides is 1. The van der Waals surface area contributed by atoms with Crippen molar-refractivity contribution < 1.29 is 4.79 Å². The molecule has 1 unspecified atom stereocenters. The van der Waals surface area contributed by atoms with E-state index < -0.39 is 0 Å². The average molecular weight is 323 g/mol. The van der Waals surface area contributed by atoms with E-state index in [0.29, 0.717) is 11.6 Å². The molecule has 3 rings (SSSR count). The number of rotatable bonds is 4. The quantitative estimate of drug-likeness (QED) is 0.914. The number of piperidine rings is 1. The summed E-state index contributed by atoms with van der Waals surface area (Å²) in [7, 11) is 0. The zero-order valence-electron chi connectivity index (χ0n) is 14.5. The molecule has 0 saturated carbocycles. The van der Waals surface area contributed by atoms with Crippen molar-refractivity contribution in [3.05, 3.63) is 53.9 Å². The van der Waals surface area contributed by atoms with Gasteiger partial charge in [0.05, 0.1) is 0 Å². The topological polar surface area (TPSA) is 45.2 Å². The van der Waals surface area contributed by atoms with Crippen molar-refractivity contribution in [3.63, 3.8) is 0 Å². The van der Waals surface area contributed by atoms with Crippen molar-refractivity contribution in [3.8, 4) is 0 Å². The number of aromatic nitrogens is 1. The Bertz CT molecular complexity index is 714. The van der Waals surface area contributed by atoms with Gasteiger partial charge in [-0.3, -0.25) is 9.78 Å². The second-order valence-corrected chi connectivity index (χ2v) is 6.56. The highest BCUT2D eigenvalue weighted by Crippen LogP contribution is 2.23. The number of para-hydroxylation sites is 1. The Morgan fingerprint density at radius 2 is 2.17 bits per heavy atom. The minimum atomic E-state index is 0.0361. The van der Waals surface area contributed by atoms with E-state index in [9.17, 15) is 4.79 Å². The first-order valence-electron chi connectivity index (χ1n) is 8.77. The summed E-state index contributed by atoms with van der Waals surface area (Å²) in [4.78, 5) is 18.9. The predicted molar refractivity (Wildman–Crippen MR) is 97.6 cm³/mol. The summed E-state index contributed by atoms with van der Waals surface area (Å²) in [5.41, 5.74) is 3.76. The highest BCUT2D eigenvalue weighted by atomic mass is 16.2. The van der Waals surface area contributed by atoms with Crippen molar-refractivity contribution in [2.45, 2.75) is 33.1 Å². The van der Waals surface area contributed by atoms with Gasteiger partial charge in [-0.05, 0) is 48.9 Å². The van der Waals surface area contributed by atoms with E-state index in [1.807, 2.05) is 29.2 Å². The molecular weight excluding hydrogens is 298 g/mol. The first-order chi connectivity index (χ1) is 11.7. The van der Waals surface area contributed by atoms with Gasteiger partial charge in [-0.1, -0.05) is 32.0 Å². The monoisotopic (exact) mass is 323 g/mol. The maximum atomic E-state index is 12.7. The number of aryl methyl sites for hydroxylation is 1. The summed E-state index contributed by atoms with van der Waals surface area (Å²) in [5, 5.41) is 3.42. The summed E-state index contributed by atoms with van der Waals surface area (Å²) < 4.78 is 0. The number of likely N-dealkylation sites (tertiary alicyclic amines) is 1. The van der Waals surface area contributed by atoms with Crippen LogP contribution in [0.15, 0.2) is 42.6 Å². The van der Waals surface area contributed by atoms with Gasteiger partial charge in [-0.2, -0.15) is 0 Å². The zero-order valence-corrected chi connectivity index (χ0v) is 14.5. The molecule has 0 radical (unpaired) electrons. The molecule has 1 N–H and O–H groups in total. The molecule has 2 heterocycles. The largest absolute Gasteiger partial charge is 0.355 e. The Morgan fingerprint density at radius 3 is 2.96 bits per heavy atom. The van der Waals surface area contributed by atoms with Gasteiger partial charge < -0.3 is 10.2 Å². The van der Waals surface area contributed by atoms with Crippen LogP contribution in [0, 0.1) is 5.92 Å². The fraction of sp³-hybridized carbons (Fsp3) is 0.400. The Morgan fingerprint density at radius 1 is 1.33 bits per heavy atom. The van der Waals surface area contributed by atoms with Gasteiger partial charge in [-0.15, -0.1) is 0 Å². The number of hydrogen-bond acceptors (Lipinski definition) is 3. The molecule has 24 heavy (non-hydrogen) atoms. The fourth-order valence-electron chi connectivity index (χ4n) is 3.27. The molecule has 1 aliphatic rings. The van der Waals surface area contributed by atoms with E-state index in [0.717, 1.165) is 37.3 Å². The van der Waals surface area contributed by atoms with E-state index in [2.05, 4.69) is 36.3 Å². The Labute approximate surface area is 143 Å². The molecule has 1 aromatic carbocycles. The first kappa shape index (κ1) is 16.5. The van der Waals surface area contributed by atoms with E-state index in [-0.39, 0.29) is 5.91 Å². The van der Waals surface area contributed by atoms with Crippen LogP contribution in [0.2, 0.25) is 0 Å². The highest BCUT2D eigenvalue weighted by molar-refractivity contribution is 5.93. The molecule has 0 bridgehead atoms. The molecule has 4 heteroatoms. The summed E-state index contributed by atoms with van der Waals surface area (Å²) in [6.45, 7) is 6.00. The lowest BCUT2D eigenvalue weighted by molar-refractivity contribution is 0.0677. The Kier molecular flexibility index (Phi) is 5.14. The van der Waals surface area contributed by atoms with Crippen LogP contribution in [0.1, 0.15) is 42.7 Å². The lowest BCUT2D eigenvalue weighted by atomic mass is 10.00. The van der Waals surface area contributed by atoms with E-state index >= 15 is 0 Å². The van der Waals surface area contributed by atoms with Crippen LogP contribution in [-0.4, -0.2) is 28.9 Å². The number of hydrogen-bond donors (Lipinski definition) is 1. The second kappa shape index (κ2) is 7.47. The lowest BCUT2D eigenvalue weighted by Crippen LogP contribution is -2.39. The van der Waals surface area contributed by atoms with Crippen LogP contribution < -0.4 is 5.32 Å². The third-order valence-electron chi connectivity index (χ3n) is 4.60. The second-order valence-electron chi connectivity index (χ2n) is 6.56. The standard InChI is InChI=1S/C20H25N3O/c1-3-16-8-4-5-9-18(16)22-17-10-11-21-19(13-17)20(24)23-12-6-7-15(2)14-23/h4-5,8-11,13,15H,3,6-7,12,14H2,1-2H3,(H,21,22). The van der Waals surface area contributed by atoms with Crippen molar-refractivity contribution >= 4 is 17.3 Å². The maximum Gasteiger partial charge on any atom is 0.272 e. The summed E-state index contributed by atoms with van der Waals surface area (Å²) >= 11 is 0. The van der Waals surface area contributed by atoms with Crippen LogP contribution in [-0.2, 0) is 6.42 Å². The van der Waals surface area contributed by atoms with E-state index in [1.54, 1.807) is 6.20 Å². The molecule has 1 atom stereocenters. The van der Waals surface area contributed by atoms with Crippen LogP contribution >= 0.6 is 0 Å². The molecule has 4 nitrogen and oxygen atoms in total. The maximum absolute atomic E-state index is 12.7. The van der Waals surface area contributed by atoms with Gasteiger partial charge in [0.2, 0.25) is 0 Å². The molecule has 1 amide bonds. The molecule has 2 aromatic rings. The number of nitrogens with zero attached hydrogens (tertiary/aromatic N) is 2. The number of carbonyl (C=O) groups is 1. The van der Waals surface area contributed by atoms with Gasteiger partial charge in [0, 0.05) is 30.7 Å². The molecule has 126 valence electrons. The van der Waals surface area contributed by atoms with Gasteiger partial charge >= 0.3 is 0 Å². The van der Waals surface area contributed by atoms with Crippen molar-refractivity contribution in [2.24, 2.45) is 5.92 Å². The van der Waals surface area contributed by atoms with Crippen molar-refractivity contribution in [1.82, 2.24) is 9.88 Å². The van der Waals surface area contributed by atoms with Crippen molar-refractivity contribution in [2.75, 3.05) is 18.4 Å². The minimum Gasteiger partial charge on any atom is -0.355 e. The SMILES string of the molecule is CCc1ccccc1Nc1ccnc(C(=O)N2CCCC(C)C2)c1.